The summed E-state index contributed by atoms with van der Waals surface area (Å²) < 4.78 is 25.9. The summed E-state index contributed by atoms with van der Waals surface area (Å²) in [5, 5.41) is 2.86. The Morgan fingerprint density at radius 3 is 2.24 bits per heavy atom. The number of nitrogens with one attached hydrogen (secondary N) is 2. The summed E-state index contributed by atoms with van der Waals surface area (Å²) in [6, 6.07) is 0. The Morgan fingerprint density at radius 1 is 1.12 bits per heavy atom. The largest absolute Gasteiger partial charge is 0.319 e. The summed E-state index contributed by atoms with van der Waals surface area (Å²) in [5.41, 5.74) is 0. The number of sulfonamides is 1. The van der Waals surface area contributed by atoms with Crippen LogP contribution in [-0.4, -0.2) is 34.3 Å². The van der Waals surface area contributed by atoms with E-state index >= 15 is 0 Å². The Bertz CT molecular complexity index is 296. The lowest BCUT2D eigenvalue weighted by molar-refractivity contribution is 0.270. The SMILES string of the molecule is CCC1CCC(CNS(=O)(=O)CCNC)CC1. The highest BCUT2D eigenvalue weighted by Gasteiger charge is 2.21. The molecule has 1 aliphatic carbocycles. The molecule has 0 atom stereocenters. The third-order valence-corrected chi connectivity index (χ3v) is 5.10. The predicted molar refractivity (Wildman–Crippen MR) is 71.5 cm³/mol. The Kier molecular flexibility index (Phi) is 6.44. The van der Waals surface area contributed by atoms with Gasteiger partial charge in [0, 0.05) is 13.1 Å². The third-order valence-electron chi connectivity index (χ3n) is 3.76. The van der Waals surface area contributed by atoms with Crippen LogP contribution in [-0.2, 0) is 10.0 Å². The van der Waals surface area contributed by atoms with Crippen LogP contribution >= 0.6 is 0 Å². The van der Waals surface area contributed by atoms with E-state index < -0.39 is 10.0 Å². The summed E-state index contributed by atoms with van der Waals surface area (Å²) in [4.78, 5) is 0. The van der Waals surface area contributed by atoms with Crippen molar-refractivity contribution in [2.75, 3.05) is 25.9 Å². The molecule has 0 bridgehead atoms. The van der Waals surface area contributed by atoms with Crippen LogP contribution < -0.4 is 10.0 Å². The number of hydrogen-bond acceptors (Lipinski definition) is 3. The molecule has 2 N–H and O–H groups in total. The molecular formula is C12H26N2O2S. The average Bonchev–Trinajstić information content (AvgIpc) is 2.35. The molecule has 0 aliphatic heterocycles. The van der Waals surface area contributed by atoms with E-state index in [9.17, 15) is 8.42 Å². The molecule has 5 heteroatoms. The van der Waals surface area contributed by atoms with Crippen molar-refractivity contribution in [1.82, 2.24) is 10.0 Å². The standard InChI is InChI=1S/C12H26N2O2S/c1-3-11-4-6-12(7-5-11)10-14-17(15,16)9-8-13-2/h11-14H,3-10H2,1-2H3. The van der Waals surface area contributed by atoms with Crippen molar-refractivity contribution in [2.24, 2.45) is 11.8 Å². The maximum absolute atomic E-state index is 11.6. The lowest BCUT2D eigenvalue weighted by Gasteiger charge is -2.27. The van der Waals surface area contributed by atoms with Crippen LogP contribution in [0, 0.1) is 11.8 Å². The van der Waals surface area contributed by atoms with Gasteiger partial charge >= 0.3 is 0 Å². The van der Waals surface area contributed by atoms with Crippen LogP contribution in [0.1, 0.15) is 39.0 Å². The van der Waals surface area contributed by atoms with Gasteiger partial charge in [-0.3, -0.25) is 0 Å². The van der Waals surface area contributed by atoms with E-state index in [1.54, 1.807) is 7.05 Å². The topological polar surface area (TPSA) is 58.2 Å². The highest BCUT2D eigenvalue weighted by molar-refractivity contribution is 7.89. The fourth-order valence-corrected chi connectivity index (χ4v) is 3.50. The molecule has 1 fully saturated rings. The fraction of sp³-hybridized carbons (Fsp3) is 1.00. The van der Waals surface area contributed by atoms with Crippen molar-refractivity contribution in [3.05, 3.63) is 0 Å². The van der Waals surface area contributed by atoms with Crippen LogP contribution in [0.5, 0.6) is 0 Å². The molecule has 1 rings (SSSR count). The van der Waals surface area contributed by atoms with Gasteiger partial charge in [0.25, 0.3) is 0 Å². The summed E-state index contributed by atoms with van der Waals surface area (Å²) in [6.45, 7) is 3.38. The van der Waals surface area contributed by atoms with E-state index in [1.165, 1.54) is 32.1 Å². The maximum atomic E-state index is 11.6. The van der Waals surface area contributed by atoms with Crippen LogP contribution in [0.2, 0.25) is 0 Å². The molecule has 0 aromatic heterocycles. The van der Waals surface area contributed by atoms with Crippen molar-refractivity contribution in [3.63, 3.8) is 0 Å². The van der Waals surface area contributed by atoms with Gasteiger partial charge in [-0.15, -0.1) is 0 Å². The van der Waals surface area contributed by atoms with Gasteiger partial charge in [-0.05, 0) is 31.7 Å². The summed E-state index contributed by atoms with van der Waals surface area (Å²) in [5.74, 6) is 1.59. The minimum atomic E-state index is -3.07. The van der Waals surface area contributed by atoms with E-state index in [1.807, 2.05) is 0 Å². The summed E-state index contributed by atoms with van der Waals surface area (Å²) in [7, 11) is -1.31. The van der Waals surface area contributed by atoms with E-state index in [4.69, 9.17) is 0 Å². The van der Waals surface area contributed by atoms with Gasteiger partial charge in [-0.2, -0.15) is 0 Å². The highest BCUT2D eigenvalue weighted by atomic mass is 32.2. The van der Waals surface area contributed by atoms with Gasteiger partial charge < -0.3 is 5.32 Å². The molecular weight excluding hydrogens is 236 g/mol. The smallest absolute Gasteiger partial charge is 0.212 e. The van der Waals surface area contributed by atoms with Crippen molar-refractivity contribution in [3.8, 4) is 0 Å². The van der Waals surface area contributed by atoms with E-state index in [0.717, 1.165) is 5.92 Å². The molecule has 1 saturated carbocycles. The zero-order valence-corrected chi connectivity index (χ0v) is 11.9. The summed E-state index contributed by atoms with van der Waals surface area (Å²) >= 11 is 0. The first-order chi connectivity index (χ1) is 8.07. The molecule has 0 heterocycles. The fourth-order valence-electron chi connectivity index (χ4n) is 2.40. The minimum absolute atomic E-state index is 0.174. The molecule has 0 amide bonds. The first kappa shape index (κ1) is 14.9. The van der Waals surface area contributed by atoms with Crippen LogP contribution in [0.4, 0.5) is 0 Å². The molecule has 102 valence electrons. The summed E-state index contributed by atoms with van der Waals surface area (Å²) in [6.07, 6.45) is 6.14. The first-order valence-electron chi connectivity index (χ1n) is 6.69. The molecule has 0 unspecified atom stereocenters. The third kappa shape index (κ3) is 5.84. The zero-order chi connectivity index (χ0) is 12.7. The van der Waals surface area contributed by atoms with Crippen molar-refractivity contribution >= 4 is 10.0 Å². The van der Waals surface area contributed by atoms with Gasteiger partial charge in [-0.25, -0.2) is 13.1 Å². The molecule has 0 aromatic rings. The molecule has 0 aromatic carbocycles. The van der Waals surface area contributed by atoms with Gasteiger partial charge in [0.05, 0.1) is 5.75 Å². The quantitative estimate of drug-likeness (QED) is 0.728. The van der Waals surface area contributed by atoms with Crippen molar-refractivity contribution < 1.29 is 8.42 Å². The van der Waals surface area contributed by atoms with Crippen LogP contribution in [0.15, 0.2) is 0 Å². The van der Waals surface area contributed by atoms with Gasteiger partial charge in [0.15, 0.2) is 0 Å². The number of rotatable bonds is 7. The second-order valence-corrected chi connectivity index (χ2v) is 6.99. The van der Waals surface area contributed by atoms with Crippen LogP contribution in [0.25, 0.3) is 0 Å². The zero-order valence-electron chi connectivity index (χ0n) is 11.0. The molecule has 0 radical (unpaired) electrons. The van der Waals surface area contributed by atoms with Crippen LogP contribution in [0.3, 0.4) is 0 Å². The number of hydrogen-bond donors (Lipinski definition) is 2. The Hall–Kier alpha value is -0.130. The minimum Gasteiger partial charge on any atom is -0.319 e. The van der Waals surface area contributed by atoms with E-state index in [-0.39, 0.29) is 5.75 Å². The van der Waals surface area contributed by atoms with Gasteiger partial charge in [-0.1, -0.05) is 26.2 Å². The van der Waals surface area contributed by atoms with E-state index in [0.29, 0.717) is 19.0 Å². The first-order valence-corrected chi connectivity index (χ1v) is 8.34. The second kappa shape index (κ2) is 7.34. The lowest BCUT2D eigenvalue weighted by atomic mass is 9.81. The predicted octanol–water partition coefficient (Wildman–Crippen LogP) is 1.34. The maximum Gasteiger partial charge on any atom is 0.212 e. The second-order valence-electron chi connectivity index (χ2n) is 5.07. The molecule has 0 spiro atoms. The highest BCUT2D eigenvalue weighted by Crippen LogP contribution is 2.30. The monoisotopic (exact) mass is 262 g/mol. The van der Waals surface area contributed by atoms with Crippen molar-refractivity contribution in [2.45, 2.75) is 39.0 Å². The Morgan fingerprint density at radius 2 is 1.71 bits per heavy atom. The normalized spacial score (nSPS) is 26.0. The van der Waals surface area contributed by atoms with E-state index in [2.05, 4.69) is 17.0 Å². The Balaban J connectivity index is 2.23. The lowest BCUT2D eigenvalue weighted by Crippen LogP contribution is -2.35. The van der Waals surface area contributed by atoms with Crippen molar-refractivity contribution in [1.29, 1.82) is 0 Å². The average molecular weight is 262 g/mol. The van der Waals surface area contributed by atoms with Gasteiger partial charge in [0.1, 0.15) is 0 Å². The molecule has 4 nitrogen and oxygen atoms in total. The molecule has 1 aliphatic rings. The molecule has 17 heavy (non-hydrogen) atoms. The molecule has 0 saturated heterocycles. The Labute approximate surface area is 106 Å². The van der Waals surface area contributed by atoms with Gasteiger partial charge in [0.2, 0.25) is 10.0 Å².